The van der Waals surface area contributed by atoms with Crippen LogP contribution in [0.2, 0.25) is 0 Å². The summed E-state index contributed by atoms with van der Waals surface area (Å²) in [6.45, 7) is 0.582. The van der Waals surface area contributed by atoms with E-state index >= 15 is 0 Å². The van der Waals surface area contributed by atoms with Crippen molar-refractivity contribution in [3.8, 4) is 11.1 Å². The molecule has 1 N–H and O–H groups in total. The Hall–Kier alpha value is -5.81. The standard InChI is InChI=1S/C38H25N3O2/c1-2-8-24(9-3-1)26-15-14-25-16-17-28(21-27(25)20-26)41(29-22-32-30-10-4-6-12-34(30)43-38(32)40-23-29)33-18-19-39-36-31-11-5-7-13-35(31)42-37(33)36/h1-22,40H,23H2. The minimum absolute atomic E-state index is 0.582. The zero-order chi connectivity index (χ0) is 28.3. The second-order valence-electron chi connectivity index (χ2n) is 10.9. The minimum Gasteiger partial charge on any atom is -0.452 e. The summed E-state index contributed by atoms with van der Waals surface area (Å²) in [6, 6.07) is 42.1. The molecule has 0 spiro atoms. The summed E-state index contributed by atoms with van der Waals surface area (Å²) in [5.41, 5.74) is 9.77. The summed E-state index contributed by atoms with van der Waals surface area (Å²) in [5.74, 6) is 0.791. The number of rotatable bonds is 4. The van der Waals surface area contributed by atoms with E-state index in [2.05, 4.69) is 95.2 Å². The van der Waals surface area contributed by atoms with Crippen LogP contribution in [0.3, 0.4) is 0 Å². The van der Waals surface area contributed by atoms with E-state index in [4.69, 9.17) is 13.8 Å². The van der Waals surface area contributed by atoms with Crippen molar-refractivity contribution in [1.82, 2.24) is 4.98 Å². The number of furan rings is 2. The van der Waals surface area contributed by atoms with Crippen LogP contribution >= 0.6 is 0 Å². The minimum atomic E-state index is 0.582. The lowest BCUT2D eigenvalue weighted by Gasteiger charge is -2.30. The maximum atomic E-state index is 6.50. The molecular weight excluding hydrogens is 530 g/mol. The molecule has 5 aromatic carbocycles. The summed E-state index contributed by atoms with van der Waals surface area (Å²) < 4.78 is 12.6. The largest absolute Gasteiger partial charge is 0.452 e. The first-order valence-corrected chi connectivity index (χ1v) is 14.4. The van der Waals surface area contributed by atoms with E-state index in [0.29, 0.717) is 6.54 Å². The van der Waals surface area contributed by atoms with Crippen LogP contribution in [0, 0.1) is 0 Å². The van der Waals surface area contributed by atoms with Gasteiger partial charge in [0.1, 0.15) is 16.7 Å². The quantitative estimate of drug-likeness (QED) is 0.234. The maximum absolute atomic E-state index is 6.50. The Morgan fingerprint density at radius 2 is 1.42 bits per heavy atom. The topological polar surface area (TPSA) is 54.4 Å². The summed E-state index contributed by atoms with van der Waals surface area (Å²) in [5, 5.41) is 7.98. The van der Waals surface area contributed by atoms with Crippen LogP contribution in [-0.4, -0.2) is 11.5 Å². The Labute approximate surface area is 247 Å². The number of anilines is 3. The molecule has 5 heteroatoms. The van der Waals surface area contributed by atoms with Crippen LogP contribution in [-0.2, 0) is 0 Å². The van der Waals surface area contributed by atoms with E-state index in [-0.39, 0.29) is 0 Å². The molecule has 0 atom stereocenters. The predicted octanol–water partition coefficient (Wildman–Crippen LogP) is 10.2. The third kappa shape index (κ3) is 3.82. The van der Waals surface area contributed by atoms with Crippen molar-refractivity contribution in [3.05, 3.63) is 139 Å². The second kappa shape index (κ2) is 9.36. The summed E-state index contributed by atoms with van der Waals surface area (Å²) in [7, 11) is 0. The lowest BCUT2D eigenvalue weighted by atomic mass is 10.0. The molecule has 0 saturated heterocycles. The molecule has 204 valence electrons. The van der Waals surface area contributed by atoms with Gasteiger partial charge in [0.25, 0.3) is 0 Å². The molecule has 9 rings (SSSR count). The van der Waals surface area contributed by atoms with Gasteiger partial charge in [0.2, 0.25) is 5.88 Å². The normalized spacial score (nSPS) is 12.9. The molecule has 0 unspecified atom stereocenters. The first-order chi connectivity index (χ1) is 21.3. The first kappa shape index (κ1) is 23.9. The van der Waals surface area contributed by atoms with Gasteiger partial charge in [0.15, 0.2) is 5.58 Å². The van der Waals surface area contributed by atoms with Gasteiger partial charge in [-0.15, -0.1) is 0 Å². The van der Waals surface area contributed by atoms with Crippen LogP contribution in [0.4, 0.5) is 17.3 Å². The van der Waals surface area contributed by atoms with Gasteiger partial charge in [-0.05, 0) is 70.4 Å². The molecule has 1 aliphatic rings. The molecule has 4 heterocycles. The van der Waals surface area contributed by atoms with Gasteiger partial charge >= 0.3 is 0 Å². The first-order valence-electron chi connectivity index (χ1n) is 14.4. The van der Waals surface area contributed by atoms with Gasteiger partial charge < -0.3 is 19.1 Å². The fourth-order valence-electron chi connectivity index (χ4n) is 6.28. The van der Waals surface area contributed by atoms with Gasteiger partial charge in [-0.1, -0.05) is 78.9 Å². The predicted molar refractivity (Wildman–Crippen MR) is 176 cm³/mol. The smallest absolute Gasteiger partial charge is 0.201 e. The van der Waals surface area contributed by atoms with Crippen molar-refractivity contribution < 1.29 is 8.83 Å². The molecule has 0 saturated carbocycles. The van der Waals surface area contributed by atoms with Crippen molar-refractivity contribution in [3.63, 3.8) is 0 Å². The highest BCUT2D eigenvalue weighted by atomic mass is 16.4. The molecule has 3 aromatic heterocycles. The number of para-hydroxylation sites is 2. The Bertz CT molecular complexity index is 2360. The molecule has 5 nitrogen and oxygen atoms in total. The Morgan fingerprint density at radius 1 is 0.651 bits per heavy atom. The molecule has 0 fully saturated rings. The second-order valence-corrected chi connectivity index (χ2v) is 10.9. The number of hydrogen-bond donors (Lipinski definition) is 1. The highest BCUT2D eigenvalue weighted by Crippen LogP contribution is 2.43. The van der Waals surface area contributed by atoms with Crippen LogP contribution in [0.15, 0.2) is 142 Å². The van der Waals surface area contributed by atoms with E-state index in [9.17, 15) is 0 Å². The van der Waals surface area contributed by atoms with Crippen molar-refractivity contribution in [2.24, 2.45) is 0 Å². The van der Waals surface area contributed by atoms with Crippen LogP contribution in [0.1, 0.15) is 5.56 Å². The Morgan fingerprint density at radius 3 is 2.30 bits per heavy atom. The van der Waals surface area contributed by atoms with Crippen molar-refractivity contribution in [2.45, 2.75) is 0 Å². The summed E-state index contributed by atoms with van der Waals surface area (Å²) >= 11 is 0. The number of benzene rings is 5. The molecule has 0 aliphatic carbocycles. The Balaban J connectivity index is 1.28. The summed E-state index contributed by atoms with van der Waals surface area (Å²) in [6.07, 6.45) is 4.11. The third-order valence-electron chi connectivity index (χ3n) is 8.33. The third-order valence-corrected chi connectivity index (χ3v) is 8.33. The monoisotopic (exact) mass is 555 g/mol. The summed E-state index contributed by atoms with van der Waals surface area (Å²) in [4.78, 5) is 7.03. The van der Waals surface area contributed by atoms with Crippen LogP contribution < -0.4 is 10.2 Å². The van der Waals surface area contributed by atoms with Gasteiger partial charge in [0.05, 0.1) is 12.2 Å². The van der Waals surface area contributed by atoms with Gasteiger partial charge in [-0.3, -0.25) is 4.98 Å². The number of fused-ring (bicyclic) bond motifs is 7. The van der Waals surface area contributed by atoms with Crippen molar-refractivity contribution in [2.75, 3.05) is 16.8 Å². The zero-order valence-electron chi connectivity index (χ0n) is 23.1. The van der Waals surface area contributed by atoms with Crippen molar-refractivity contribution >= 4 is 67.1 Å². The Kier molecular flexibility index (Phi) is 5.19. The fraction of sp³-hybridized carbons (Fsp3) is 0.0263. The lowest BCUT2D eigenvalue weighted by molar-refractivity contribution is 0.626. The molecule has 43 heavy (non-hydrogen) atoms. The molecule has 0 bridgehead atoms. The highest BCUT2D eigenvalue weighted by Gasteiger charge is 2.26. The number of hydrogen-bond acceptors (Lipinski definition) is 5. The number of aromatic nitrogens is 1. The van der Waals surface area contributed by atoms with Crippen molar-refractivity contribution in [1.29, 1.82) is 0 Å². The van der Waals surface area contributed by atoms with Crippen LogP contribution in [0.25, 0.3) is 61.0 Å². The van der Waals surface area contributed by atoms with E-state index in [1.54, 1.807) is 0 Å². The fourth-order valence-corrected chi connectivity index (χ4v) is 6.28. The SMILES string of the molecule is C1=C(N(c2ccc3ccc(-c4ccccc4)cc3c2)c2ccnc3c2oc2ccccc23)CNc2oc3ccccc3c21. The molecule has 0 amide bonds. The molecule has 8 aromatic rings. The highest BCUT2D eigenvalue weighted by molar-refractivity contribution is 6.08. The zero-order valence-corrected chi connectivity index (χ0v) is 23.1. The number of nitrogens with zero attached hydrogens (tertiary/aromatic N) is 2. The van der Waals surface area contributed by atoms with E-state index in [1.165, 1.54) is 16.5 Å². The van der Waals surface area contributed by atoms with Gasteiger partial charge in [-0.2, -0.15) is 0 Å². The average molecular weight is 556 g/mol. The number of nitrogens with one attached hydrogen (secondary N) is 1. The van der Waals surface area contributed by atoms with Gasteiger partial charge in [-0.25, -0.2) is 0 Å². The lowest BCUT2D eigenvalue weighted by Crippen LogP contribution is -2.24. The van der Waals surface area contributed by atoms with E-state index in [1.807, 2.05) is 48.7 Å². The number of pyridine rings is 1. The molecule has 0 radical (unpaired) electrons. The average Bonchev–Trinajstić information content (AvgIpc) is 3.64. The van der Waals surface area contributed by atoms with Crippen LogP contribution in [0.5, 0.6) is 0 Å². The van der Waals surface area contributed by atoms with E-state index in [0.717, 1.165) is 66.9 Å². The molecular formula is C38H25N3O2. The van der Waals surface area contributed by atoms with Gasteiger partial charge in [0, 0.05) is 33.9 Å². The van der Waals surface area contributed by atoms with E-state index < -0.39 is 0 Å². The maximum Gasteiger partial charge on any atom is 0.201 e. The molecule has 1 aliphatic heterocycles.